The molecule has 2 N–H and O–H groups in total. The Labute approximate surface area is 91.5 Å². The number of anilines is 1. The molecule has 0 radical (unpaired) electrons. The minimum atomic E-state index is 0.453. The zero-order valence-corrected chi connectivity index (χ0v) is 9.61. The van der Waals surface area contributed by atoms with E-state index in [0.717, 1.165) is 24.6 Å². The van der Waals surface area contributed by atoms with Gasteiger partial charge in [0.25, 0.3) is 0 Å². The third-order valence-electron chi connectivity index (χ3n) is 2.40. The summed E-state index contributed by atoms with van der Waals surface area (Å²) >= 11 is 0. The molecule has 0 bridgehead atoms. The molecule has 1 aromatic rings. The number of hydrogen-bond donors (Lipinski definition) is 1. The molecule has 0 aromatic carbocycles. The van der Waals surface area contributed by atoms with Crippen molar-refractivity contribution in [1.82, 2.24) is 10.2 Å². The van der Waals surface area contributed by atoms with E-state index < -0.39 is 0 Å². The predicted molar refractivity (Wildman–Crippen MR) is 62.7 cm³/mol. The number of hydrogen-bond acceptors (Lipinski definition) is 4. The summed E-state index contributed by atoms with van der Waals surface area (Å²) in [5.41, 5.74) is 6.31. The first-order valence-corrected chi connectivity index (χ1v) is 5.59. The first-order valence-electron chi connectivity index (χ1n) is 5.59. The van der Waals surface area contributed by atoms with Crippen molar-refractivity contribution in [3.8, 4) is 0 Å². The van der Waals surface area contributed by atoms with Gasteiger partial charge in [0.1, 0.15) is 0 Å². The molecule has 0 amide bonds. The van der Waals surface area contributed by atoms with E-state index in [0.29, 0.717) is 6.54 Å². The average Bonchev–Trinajstić information content (AvgIpc) is 2.31. The summed E-state index contributed by atoms with van der Waals surface area (Å²) < 4.78 is 0. The fourth-order valence-corrected chi connectivity index (χ4v) is 1.41. The van der Waals surface area contributed by atoms with Crippen LogP contribution in [-0.4, -0.2) is 23.3 Å². The first kappa shape index (κ1) is 11.9. The second kappa shape index (κ2) is 6.35. The number of unbranched alkanes of at least 4 members (excludes halogenated alkanes) is 1. The van der Waals surface area contributed by atoms with E-state index in [9.17, 15) is 0 Å². The molecule has 0 aliphatic heterocycles. The van der Waals surface area contributed by atoms with Crippen LogP contribution in [0.4, 0.5) is 5.82 Å². The van der Waals surface area contributed by atoms with Gasteiger partial charge in [0, 0.05) is 19.6 Å². The Kier molecular flexibility index (Phi) is 5.04. The summed E-state index contributed by atoms with van der Waals surface area (Å²) in [5.74, 6) is 0.947. The standard InChI is InChI=1S/C11H20N4/c1-3-5-8-15(4-2)11-7-6-10(9-12)13-14-11/h6-7H,3-5,8-9,12H2,1-2H3. The third kappa shape index (κ3) is 3.47. The average molecular weight is 208 g/mol. The van der Waals surface area contributed by atoms with E-state index in [4.69, 9.17) is 5.73 Å². The monoisotopic (exact) mass is 208 g/mol. The number of rotatable bonds is 6. The van der Waals surface area contributed by atoms with Crippen LogP contribution in [0.25, 0.3) is 0 Å². The lowest BCUT2D eigenvalue weighted by molar-refractivity contribution is 0.714. The highest BCUT2D eigenvalue weighted by atomic mass is 15.3. The van der Waals surface area contributed by atoms with Crippen molar-refractivity contribution in [2.45, 2.75) is 33.2 Å². The molecule has 1 rings (SSSR count). The predicted octanol–water partition coefficient (Wildman–Crippen LogP) is 1.56. The number of nitrogens with two attached hydrogens (primary N) is 1. The van der Waals surface area contributed by atoms with Gasteiger partial charge >= 0.3 is 0 Å². The molecular weight excluding hydrogens is 188 g/mol. The lowest BCUT2D eigenvalue weighted by Gasteiger charge is -2.20. The Balaban J connectivity index is 2.65. The Morgan fingerprint density at radius 2 is 2.07 bits per heavy atom. The van der Waals surface area contributed by atoms with Crippen molar-refractivity contribution < 1.29 is 0 Å². The fraction of sp³-hybridized carbons (Fsp3) is 0.636. The summed E-state index contributed by atoms with van der Waals surface area (Å²) in [6.07, 6.45) is 2.39. The minimum absolute atomic E-state index is 0.453. The van der Waals surface area contributed by atoms with Gasteiger partial charge in [-0.15, -0.1) is 5.10 Å². The van der Waals surface area contributed by atoms with Crippen molar-refractivity contribution in [2.24, 2.45) is 5.73 Å². The molecule has 0 aliphatic carbocycles. The van der Waals surface area contributed by atoms with E-state index in [1.807, 2.05) is 12.1 Å². The van der Waals surface area contributed by atoms with Crippen LogP contribution in [0.15, 0.2) is 12.1 Å². The molecule has 84 valence electrons. The van der Waals surface area contributed by atoms with Crippen molar-refractivity contribution in [1.29, 1.82) is 0 Å². The minimum Gasteiger partial charge on any atom is -0.355 e. The maximum Gasteiger partial charge on any atom is 0.151 e. The molecule has 0 spiro atoms. The van der Waals surface area contributed by atoms with Crippen LogP contribution in [0, 0.1) is 0 Å². The van der Waals surface area contributed by atoms with Gasteiger partial charge in [0.15, 0.2) is 5.82 Å². The summed E-state index contributed by atoms with van der Waals surface area (Å²) in [6.45, 7) is 6.79. The zero-order chi connectivity index (χ0) is 11.1. The van der Waals surface area contributed by atoms with E-state index >= 15 is 0 Å². The molecule has 0 fully saturated rings. The lowest BCUT2D eigenvalue weighted by atomic mass is 10.3. The molecule has 1 heterocycles. The Morgan fingerprint density at radius 3 is 2.53 bits per heavy atom. The third-order valence-corrected chi connectivity index (χ3v) is 2.40. The summed E-state index contributed by atoms with van der Waals surface area (Å²) in [5, 5.41) is 8.23. The highest BCUT2D eigenvalue weighted by Gasteiger charge is 2.05. The normalized spacial score (nSPS) is 10.3. The van der Waals surface area contributed by atoms with E-state index in [1.54, 1.807) is 0 Å². The van der Waals surface area contributed by atoms with Crippen LogP contribution >= 0.6 is 0 Å². The van der Waals surface area contributed by atoms with Gasteiger partial charge in [-0.25, -0.2) is 0 Å². The molecule has 0 atom stereocenters. The second-order valence-corrected chi connectivity index (χ2v) is 3.52. The van der Waals surface area contributed by atoms with Gasteiger partial charge in [-0.1, -0.05) is 13.3 Å². The van der Waals surface area contributed by atoms with Gasteiger partial charge in [-0.2, -0.15) is 5.10 Å². The molecule has 0 aliphatic rings. The summed E-state index contributed by atoms with van der Waals surface area (Å²) in [6, 6.07) is 3.94. The molecular formula is C11H20N4. The zero-order valence-electron chi connectivity index (χ0n) is 9.61. The SMILES string of the molecule is CCCCN(CC)c1ccc(CN)nn1. The van der Waals surface area contributed by atoms with Crippen molar-refractivity contribution in [3.05, 3.63) is 17.8 Å². The van der Waals surface area contributed by atoms with Crippen LogP contribution in [0.2, 0.25) is 0 Å². The van der Waals surface area contributed by atoms with Crippen LogP contribution < -0.4 is 10.6 Å². The maximum atomic E-state index is 5.47. The Hall–Kier alpha value is -1.16. The molecule has 4 nitrogen and oxygen atoms in total. The van der Waals surface area contributed by atoms with Gasteiger partial charge in [0.05, 0.1) is 5.69 Å². The maximum absolute atomic E-state index is 5.47. The van der Waals surface area contributed by atoms with Crippen LogP contribution in [0.3, 0.4) is 0 Å². The van der Waals surface area contributed by atoms with E-state index in [1.165, 1.54) is 12.8 Å². The van der Waals surface area contributed by atoms with Gasteiger partial charge in [-0.05, 0) is 25.5 Å². The van der Waals surface area contributed by atoms with Crippen molar-refractivity contribution in [2.75, 3.05) is 18.0 Å². The fourth-order valence-electron chi connectivity index (χ4n) is 1.41. The van der Waals surface area contributed by atoms with Crippen LogP contribution in [0.5, 0.6) is 0 Å². The second-order valence-electron chi connectivity index (χ2n) is 3.52. The summed E-state index contributed by atoms with van der Waals surface area (Å²) in [7, 11) is 0. The van der Waals surface area contributed by atoms with Crippen LogP contribution in [-0.2, 0) is 6.54 Å². The largest absolute Gasteiger partial charge is 0.355 e. The molecule has 0 saturated carbocycles. The summed E-state index contributed by atoms with van der Waals surface area (Å²) in [4.78, 5) is 2.23. The smallest absolute Gasteiger partial charge is 0.151 e. The van der Waals surface area contributed by atoms with E-state index in [-0.39, 0.29) is 0 Å². The Bertz CT molecular complexity index is 270. The van der Waals surface area contributed by atoms with Crippen molar-refractivity contribution in [3.63, 3.8) is 0 Å². The quantitative estimate of drug-likeness (QED) is 0.771. The first-order chi connectivity index (χ1) is 7.31. The molecule has 15 heavy (non-hydrogen) atoms. The topological polar surface area (TPSA) is 55.0 Å². The van der Waals surface area contributed by atoms with E-state index in [2.05, 4.69) is 28.9 Å². The number of nitrogens with zero attached hydrogens (tertiary/aromatic N) is 3. The van der Waals surface area contributed by atoms with Gasteiger partial charge in [0.2, 0.25) is 0 Å². The van der Waals surface area contributed by atoms with Crippen LogP contribution in [0.1, 0.15) is 32.4 Å². The highest BCUT2D eigenvalue weighted by molar-refractivity contribution is 5.36. The van der Waals surface area contributed by atoms with Crippen molar-refractivity contribution >= 4 is 5.82 Å². The number of aromatic nitrogens is 2. The molecule has 4 heteroatoms. The van der Waals surface area contributed by atoms with Gasteiger partial charge in [-0.3, -0.25) is 0 Å². The molecule has 0 unspecified atom stereocenters. The van der Waals surface area contributed by atoms with Gasteiger partial charge < -0.3 is 10.6 Å². The highest BCUT2D eigenvalue weighted by Crippen LogP contribution is 2.10. The Morgan fingerprint density at radius 1 is 1.27 bits per heavy atom. The lowest BCUT2D eigenvalue weighted by Crippen LogP contribution is -2.25. The molecule has 0 saturated heterocycles. The molecule has 1 aromatic heterocycles.